The van der Waals surface area contributed by atoms with Crippen molar-refractivity contribution in [2.24, 2.45) is 0 Å². The first-order valence-electron chi connectivity index (χ1n) is 3.99. The maximum Gasteiger partial charge on any atom is 0.181 e. The minimum atomic E-state index is -1.69. The highest BCUT2D eigenvalue weighted by Gasteiger charge is 2.46. The van der Waals surface area contributed by atoms with E-state index in [9.17, 15) is 5.11 Å². The molecule has 3 unspecified atom stereocenters. The Labute approximate surface area is 75.0 Å². The predicted molar refractivity (Wildman–Crippen MR) is 40.6 cm³/mol. The second-order valence-corrected chi connectivity index (χ2v) is 3.23. The SMILES string of the molecule is OCC1O[C@H](O)C(O)CC1(O)CO. The van der Waals surface area contributed by atoms with Crippen molar-refractivity contribution in [2.75, 3.05) is 13.2 Å². The number of hydrogen-bond acceptors (Lipinski definition) is 6. The Kier molecular flexibility index (Phi) is 3.23. The quantitative estimate of drug-likeness (QED) is 0.324. The molecule has 0 amide bonds. The lowest BCUT2D eigenvalue weighted by Crippen LogP contribution is -2.59. The minimum absolute atomic E-state index is 0.226. The van der Waals surface area contributed by atoms with Gasteiger partial charge in [0.1, 0.15) is 17.8 Å². The van der Waals surface area contributed by atoms with Crippen LogP contribution >= 0.6 is 0 Å². The largest absolute Gasteiger partial charge is 0.394 e. The molecule has 0 aromatic carbocycles. The molecule has 1 aliphatic heterocycles. The number of ether oxygens (including phenoxy) is 1. The lowest BCUT2D eigenvalue weighted by molar-refractivity contribution is -0.288. The molecule has 13 heavy (non-hydrogen) atoms. The zero-order valence-electron chi connectivity index (χ0n) is 7.00. The van der Waals surface area contributed by atoms with Gasteiger partial charge in [-0.05, 0) is 0 Å². The molecule has 1 fully saturated rings. The molecule has 0 bridgehead atoms. The van der Waals surface area contributed by atoms with Crippen molar-refractivity contribution in [2.45, 2.75) is 30.5 Å². The summed E-state index contributed by atoms with van der Waals surface area (Å²) in [7, 11) is 0. The van der Waals surface area contributed by atoms with Crippen molar-refractivity contribution in [1.82, 2.24) is 0 Å². The van der Waals surface area contributed by atoms with Gasteiger partial charge in [-0.1, -0.05) is 0 Å². The average Bonchev–Trinajstić information content (AvgIpc) is 2.11. The minimum Gasteiger partial charge on any atom is -0.394 e. The number of aliphatic hydroxyl groups excluding tert-OH is 4. The van der Waals surface area contributed by atoms with E-state index in [1.807, 2.05) is 0 Å². The maximum absolute atomic E-state index is 9.62. The summed E-state index contributed by atoms with van der Waals surface area (Å²) in [5.41, 5.74) is -1.69. The fourth-order valence-electron chi connectivity index (χ4n) is 1.36. The van der Waals surface area contributed by atoms with Gasteiger partial charge in [-0.2, -0.15) is 0 Å². The van der Waals surface area contributed by atoms with E-state index < -0.39 is 37.3 Å². The zero-order valence-corrected chi connectivity index (χ0v) is 7.00. The van der Waals surface area contributed by atoms with Crippen LogP contribution in [0.25, 0.3) is 0 Å². The van der Waals surface area contributed by atoms with Crippen molar-refractivity contribution in [3.05, 3.63) is 0 Å². The molecule has 0 saturated carbocycles. The lowest BCUT2D eigenvalue weighted by atomic mass is 9.88. The van der Waals surface area contributed by atoms with Gasteiger partial charge in [0.25, 0.3) is 0 Å². The second-order valence-electron chi connectivity index (χ2n) is 3.23. The van der Waals surface area contributed by atoms with Gasteiger partial charge in [-0.15, -0.1) is 0 Å². The number of rotatable bonds is 2. The fourth-order valence-corrected chi connectivity index (χ4v) is 1.36. The Hall–Kier alpha value is -0.240. The van der Waals surface area contributed by atoms with Crippen LogP contribution in [0.4, 0.5) is 0 Å². The third-order valence-corrected chi connectivity index (χ3v) is 2.23. The van der Waals surface area contributed by atoms with Crippen molar-refractivity contribution >= 4 is 0 Å². The van der Waals surface area contributed by atoms with E-state index in [4.69, 9.17) is 25.2 Å². The number of aliphatic hydroxyl groups is 5. The van der Waals surface area contributed by atoms with Crippen LogP contribution in [-0.2, 0) is 4.74 Å². The highest BCUT2D eigenvalue weighted by atomic mass is 16.6. The molecular weight excluding hydrogens is 180 g/mol. The summed E-state index contributed by atoms with van der Waals surface area (Å²) in [6.07, 6.45) is -3.98. The third-order valence-electron chi connectivity index (χ3n) is 2.23. The third kappa shape index (κ3) is 1.98. The van der Waals surface area contributed by atoms with E-state index >= 15 is 0 Å². The lowest BCUT2D eigenvalue weighted by Gasteiger charge is -2.41. The van der Waals surface area contributed by atoms with Gasteiger partial charge >= 0.3 is 0 Å². The predicted octanol–water partition coefficient (Wildman–Crippen LogP) is -2.83. The van der Waals surface area contributed by atoms with Gasteiger partial charge < -0.3 is 30.3 Å². The second kappa shape index (κ2) is 3.87. The molecule has 1 rings (SSSR count). The van der Waals surface area contributed by atoms with Crippen molar-refractivity contribution in [1.29, 1.82) is 0 Å². The molecule has 1 aliphatic rings. The van der Waals surface area contributed by atoms with Crippen LogP contribution in [0, 0.1) is 0 Å². The molecule has 0 aromatic rings. The molecule has 6 nitrogen and oxygen atoms in total. The summed E-state index contributed by atoms with van der Waals surface area (Å²) in [4.78, 5) is 0. The summed E-state index contributed by atoms with van der Waals surface area (Å²) in [5, 5.41) is 45.4. The zero-order chi connectivity index (χ0) is 10.1. The van der Waals surface area contributed by atoms with Crippen LogP contribution in [0.3, 0.4) is 0 Å². The van der Waals surface area contributed by atoms with Gasteiger partial charge in [0.2, 0.25) is 0 Å². The average molecular weight is 194 g/mol. The van der Waals surface area contributed by atoms with Gasteiger partial charge in [0.05, 0.1) is 13.2 Å². The Bertz CT molecular complexity index is 174. The Balaban J connectivity index is 2.72. The monoisotopic (exact) mass is 194 g/mol. The molecule has 0 spiro atoms. The molecule has 5 N–H and O–H groups in total. The highest BCUT2D eigenvalue weighted by molar-refractivity contribution is 4.93. The smallest absolute Gasteiger partial charge is 0.181 e. The standard InChI is InChI=1S/C7H14O6/c8-2-5-7(12,3-9)1-4(10)6(11)13-5/h4-6,8-12H,1-3H2/t4?,5?,6-,7?/m0/s1. The summed E-state index contributed by atoms with van der Waals surface area (Å²) >= 11 is 0. The first kappa shape index (κ1) is 10.8. The van der Waals surface area contributed by atoms with Gasteiger partial charge in [-0.25, -0.2) is 0 Å². The molecular formula is C7H14O6. The van der Waals surface area contributed by atoms with E-state index in [1.165, 1.54) is 0 Å². The van der Waals surface area contributed by atoms with Gasteiger partial charge in [0, 0.05) is 6.42 Å². The summed E-state index contributed by atoms with van der Waals surface area (Å²) in [6, 6.07) is 0. The molecule has 1 heterocycles. The molecule has 1 saturated heterocycles. The normalized spacial score (nSPS) is 46.4. The van der Waals surface area contributed by atoms with Crippen LogP contribution in [0.5, 0.6) is 0 Å². The van der Waals surface area contributed by atoms with Crippen molar-refractivity contribution in [3.8, 4) is 0 Å². The van der Waals surface area contributed by atoms with E-state index in [2.05, 4.69) is 0 Å². The van der Waals surface area contributed by atoms with E-state index in [1.54, 1.807) is 0 Å². The first-order valence-corrected chi connectivity index (χ1v) is 3.99. The van der Waals surface area contributed by atoms with Gasteiger partial charge in [-0.3, -0.25) is 0 Å². The maximum atomic E-state index is 9.62. The van der Waals surface area contributed by atoms with Gasteiger partial charge in [0.15, 0.2) is 6.29 Å². The summed E-state index contributed by atoms with van der Waals surface area (Å²) < 4.78 is 4.70. The van der Waals surface area contributed by atoms with Crippen LogP contribution in [0.1, 0.15) is 6.42 Å². The van der Waals surface area contributed by atoms with Crippen molar-refractivity contribution < 1.29 is 30.3 Å². The highest BCUT2D eigenvalue weighted by Crippen LogP contribution is 2.27. The summed E-state index contributed by atoms with van der Waals surface area (Å²) in [6.45, 7) is -1.16. The Morgan fingerprint density at radius 2 is 1.92 bits per heavy atom. The fraction of sp³-hybridized carbons (Fsp3) is 1.00. The molecule has 0 aromatic heterocycles. The Morgan fingerprint density at radius 3 is 2.38 bits per heavy atom. The first-order chi connectivity index (χ1) is 6.03. The van der Waals surface area contributed by atoms with Crippen LogP contribution in [0.2, 0.25) is 0 Å². The topological polar surface area (TPSA) is 110 Å². The molecule has 78 valence electrons. The van der Waals surface area contributed by atoms with Crippen LogP contribution in [-0.4, -0.2) is 62.8 Å². The van der Waals surface area contributed by atoms with Crippen LogP contribution in [0.15, 0.2) is 0 Å². The number of hydrogen-bond donors (Lipinski definition) is 5. The summed E-state index contributed by atoms with van der Waals surface area (Å²) in [5.74, 6) is 0. The molecule has 4 atom stereocenters. The van der Waals surface area contributed by atoms with E-state index in [0.29, 0.717) is 0 Å². The van der Waals surface area contributed by atoms with Crippen LogP contribution < -0.4 is 0 Å². The van der Waals surface area contributed by atoms with Crippen molar-refractivity contribution in [3.63, 3.8) is 0 Å². The molecule has 0 aliphatic carbocycles. The van der Waals surface area contributed by atoms with E-state index in [0.717, 1.165) is 0 Å². The Morgan fingerprint density at radius 1 is 1.31 bits per heavy atom. The molecule has 0 radical (unpaired) electrons. The van der Waals surface area contributed by atoms with E-state index in [-0.39, 0.29) is 6.42 Å². The molecule has 6 heteroatoms.